The Kier molecular flexibility index (Phi) is 11.4. The van der Waals surface area contributed by atoms with Crippen LogP contribution in [0.1, 0.15) is 24.5 Å². The molecule has 7 heteroatoms. The van der Waals surface area contributed by atoms with Crippen LogP contribution < -0.4 is 14.8 Å². The topological polar surface area (TPSA) is 39.7 Å². The third-order valence-corrected chi connectivity index (χ3v) is 4.29. The molecule has 0 aromatic heterocycles. The van der Waals surface area contributed by atoms with Crippen LogP contribution in [0.3, 0.4) is 0 Å². The minimum atomic E-state index is -0.257. The second kappa shape index (κ2) is 12.9. The van der Waals surface area contributed by atoms with Gasteiger partial charge >= 0.3 is 0 Å². The van der Waals surface area contributed by atoms with E-state index in [1.165, 1.54) is 12.1 Å². The van der Waals surface area contributed by atoms with Crippen molar-refractivity contribution in [3.8, 4) is 11.5 Å². The lowest BCUT2D eigenvalue weighted by Gasteiger charge is -2.16. The number of halogens is 3. The molecule has 0 saturated carbocycles. The molecule has 4 nitrogen and oxygen atoms in total. The molecule has 0 heterocycles. The Hall–Kier alpha value is -1.34. The van der Waals surface area contributed by atoms with Crippen molar-refractivity contribution in [1.82, 2.24) is 5.32 Å². The van der Waals surface area contributed by atoms with Gasteiger partial charge in [-0.3, -0.25) is 0 Å². The van der Waals surface area contributed by atoms with E-state index in [4.69, 9.17) is 14.2 Å². The van der Waals surface area contributed by atoms with Gasteiger partial charge < -0.3 is 19.5 Å². The van der Waals surface area contributed by atoms with E-state index >= 15 is 0 Å². The summed E-state index contributed by atoms with van der Waals surface area (Å²) in [4.78, 5) is 0. The molecule has 0 radical (unpaired) electrons. The van der Waals surface area contributed by atoms with Crippen molar-refractivity contribution in [2.24, 2.45) is 0 Å². The molecule has 0 aliphatic carbocycles. The summed E-state index contributed by atoms with van der Waals surface area (Å²) in [5.41, 5.74) is 2.00. The molecule has 1 N–H and O–H groups in total. The maximum atomic E-state index is 13.0. The molecule has 0 amide bonds. The van der Waals surface area contributed by atoms with E-state index in [0.717, 1.165) is 41.7 Å². The highest BCUT2D eigenvalue weighted by molar-refractivity contribution is 9.10. The summed E-state index contributed by atoms with van der Waals surface area (Å²) in [5, 5.41) is 3.38. The largest absolute Gasteiger partial charge is 0.490 e. The van der Waals surface area contributed by atoms with Crippen molar-refractivity contribution in [1.29, 1.82) is 0 Å². The first kappa shape index (κ1) is 23.7. The summed E-state index contributed by atoms with van der Waals surface area (Å²) < 4.78 is 30.6. The molecule has 0 spiro atoms. The Morgan fingerprint density at radius 3 is 2.48 bits per heavy atom. The zero-order chi connectivity index (χ0) is 18.8. The molecule has 0 unspecified atom stereocenters. The number of ether oxygens (including phenoxy) is 3. The first-order chi connectivity index (χ1) is 12.6. The Morgan fingerprint density at radius 2 is 1.81 bits per heavy atom. The minimum Gasteiger partial charge on any atom is -0.490 e. The first-order valence-corrected chi connectivity index (χ1v) is 9.45. The van der Waals surface area contributed by atoms with Crippen molar-refractivity contribution in [2.75, 3.05) is 26.9 Å². The third kappa shape index (κ3) is 8.05. The highest BCUT2D eigenvalue weighted by Crippen LogP contribution is 2.37. The Bertz CT molecular complexity index is 686. The summed E-state index contributed by atoms with van der Waals surface area (Å²) in [7, 11) is 1.70. The van der Waals surface area contributed by atoms with E-state index in [1.54, 1.807) is 19.2 Å². The maximum absolute atomic E-state index is 13.0. The molecule has 0 aliphatic heterocycles. The van der Waals surface area contributed by atoms with Crippen LogP contribution >= 0.6 is 28.3 Å². The van der Waals surface area contributed by atoms with Gasteiger partial charge in [-0.25, -0.2) is 4.39 Å². The molecular weight excluding hydrogens is 437 g/mol. The molecule has 0 saturated heterocycles. The smallest absolute Gasteiger partial charge is 0.175 e. The predicted octanol–water partition coefficient (Wildman–Crippen LogP) is 5.11. The monoisotopic (exact) mass is 461 g/mol. The lowest BCUT2D eigenvalue weighted by atomic mass is 10.2. The van der Waals surface area contributed by atoms with Crippen molar-refractivity contribution < 1.29 is 18.6 Å². The quantitative estimate of drug-likeness (QED) is 0.471. The van der Waals surface area contributed by atoms with Crippen LogP contribution in [-0.2, 0) is 17.9 Å². The number of hydrogen-bond donors (Lipinski definition) is 1. The van der Waals surface area contributed by atoms with Crippen molar-refractivity contribution >= 4 is 28.3 Å². The lowest BCUT2D eigenvalue weighted by Crippen LogP contribution is -2.16. The van der Waals surface area contributed by atoms with Crippen LogP contribution in [0.15, 0.2) is 40.9 Å². The van der Waals surface area contributed by atoms with Crippen LogP contribution in [0.5, 0.6) is 11.5 Å². The van der Waals surface area contributed by atoms with Crippen molar-refractivity contribution in [2.45, 2.75) is 26.5 Å². The van der Waals surface area contributed by atoms with Gasteiger partial charge in [-0.05, 0) is 71.2 Å². The fourth-order valence-electron chi connectivity index (χ4n) is 2.44. The van der Waals surface area contributed by atoms with Crippen LogP contribution in [-0.4, -0.2) is 26.9 Å². The molecule has 0 aliphatic rings. The molecule has 2 rings (SSSR count). The van der Waals surface area contributed by atoms with E-state index in [9.17, 15) is 4.39 Å². The first-order valence-electron chi connectivity index (χ1n) is 8.66. The van der Waals surface area contributed by atoms with Gasteiger partial charge in [-0.2, -0.15) is 0 Å². The zero-order valence-corrected chi connectivity index (χ0v) is 18.0. The maximum Gasteiger partial charge on any atom is 0.175 e. The lowest BCUT2D eigenvalue weighted by molar-refractivity contribution is 0.194. The van der Waals surface area contributed by atoms with Gasteiger partial charge in [0.1, 0.15) is 12.4 Å². The number of nitrogens with one attached hydrogen (secondary N) is 1. The van der Waals surface area contributed by atoms with Gasteiger partial charge in [0.25, 0.3) is 0 Å². The number of methoxy groups -OCH3 is 1. The fraction of sp³-hybridized carbons (Fsp3) is 0.400. The van der Waals surface area contributed by atoms with Crippen LogP contribution in [0.25, 0.3) is 0 Å². The summed E-state index contributed by atoms with van der Waals surface area (Å²) in [6, 6.07) is 10.3. The molecular formula is C20H26BrClFNO3. The second-order valence-corrected chi connectivity index (χ2v) is 6.63. The van der Waals surface area contributed by atoms with E-state index in [2.05, 4.69) is 21.2 Å². The van der Waals surface area contributed by atoms with E-state index in [-0.39, 0.29) is 18.2 Å². The zero-order valence-electron chi connectivity index (χ0n) is 15.6. The van der Waals surface area contributed by atoms with Crippen LogP contribution in [0, 0.1) is 5.82 Å². The predicted molar refractivity (Wildman–Crippen MR) is 111 cm³/mol. The third-order valence-electron chi connectivity index (χ3n) is 3.70. The van der Waals surface area contributed by atoms with Gasteiger partial charge in [0, 0.05) is 20.3 Å². The van der Waals surface area contributed by atoms with E-state index in [1.807, 2.05) is 19.1 Å². The number of benzene rings is 2. The molecule has 0 atom stereocenters. The SMILES string of the molecule is CCOc1cc(CNCCCOC)cc(Br)c1OCc1ccc(F)cc1.Cl. The van der Waals surface area contributed by atoms with Gasteiger partial charge in [0.2, 0.25) is 0 Å². The average molecular weight is 463 g/mol. The van der Waals surface area contributed by atoms with Gasteiger partial charge in [-0.1, -0.05) is 12.1 Å². The Labute approximate surface area is 174 Å². The van der Waals surface area contributed by atoms with E-state index < -0.39 is 0 Å². The second-order valence-electron chi connectivity index (χ2n) is 5.78. The summed E-state index contributed by atoms with van der Waals surface area (Å²) in [5.74, 6) is 1.09. The molecule has 2 aromatic carbocycles. The van der Waals surface area contributed by atoms with Gasteiger partial charge in [0.05, 0.1) is 11.1 Å². The Balaban J connectivity index is 0.00000364. The van der Waals surface area contributed by atoms with Gasteiger partial charge in [-0.15, -0.1) is 12.4 Å². The highest BCUT2D eigenvalue weighted by Gasteiger charge is 2.12. The normalized spacial score (nSPS) is 10.4. The highest BCUT2D eigenvalue weighted by atomic mass is 79.9. The number of hydrogen-bond acceptors (Lipinski definition) is 4. The van der Waals surface area contributed by atoms with Crippen LogP contribution in [0.4, 0.5) is 4.39 Å². The summed E-state index contributed by atoms with van der Waals surface area (Å²) in [6.45, 7) is 5.20. The summed E-state index contributed by atoms with van der Waals surface area (Å²) >= 11 is 3.57. The molecule has 0 fully saturated rings. The van der Waals surface area contributed by atoms with Gasteiger partial charge in [0.15, 0.2) is 11.5 Å². The molecule has 2 aromatic rings. The molecule has 150 valence electrons. The molecule has 0 bridgehead atoms. The standard InChI is InChI=1S/C20H25BrFNO3.ClH/c1-3-25-19-12-16(13-23-9-4-10-24-2)11-18(21)20(19)26-14-15-5-7-17(22)8-6-15;/h5-8,11-12,23H,3-4,9-10,13-14H2,1-2H3;1H. The van der Waals surface area contributed by atoms with Crippen molar-refractivity contribution in [3.05, 3.63) is 57.8 Å². The Morgan fingerprint density at radius 1 is 1.07 bits per heavy atom. The van der Waals surface area contributed by atoms with Crippen LogP contribution in [0.2, 0.25) is 0 Å². The van der Waals surface area contributed by atoms with E-state index in [0.29, 0.717) is 24.7 Å². The minimum absolute atomic E-state index is 0. The fourth-order valence-corrected chi connectivity index (χ4v) is 3.04. The van der Waals surface area contributed by atoms with Crippen molar-refractivity contribution in [3.63, 3.8) is 0 Å². The average Bonchev–Trinajstić information content (AvgIpc) is 2.62. The molecule has 27 heavy (non-hydrogen) atoms. The number of rotatable bonds is 11. The summed E-state index contributed by atoms with van der Waals surface area (Å²) in [6.07, 6.45) is 0.967.